The summed E-state index contributed by atoms with van der Waals surface area (Å²) in [6, 6.07) is 54.3. The zero-order valence-corrected chi connectivity index (χ0v) is 34.4. The third-order valence-electron chi connectivity index (χ3n) is 12.4. The number of benzene rings is 6. The molecule has 0 N–H and O–H groups in total. The van der Waals surface area contributed by atoms with Gasteiger partial charge in [0.15, 0.2) is 0 Å². The number of nitriles is 2. The van der Waals surface area contributed by atoms with E-state index in [1.165, 1.54) is 31.1 Å². The van der Waals surface area contributed by atoms with Crippen LogP contribution in [0.5, 0.6) is 0 Å². The van der Waals surface area contributed by atoms with E-state index in [4.69, 9.17) is 0 Å². The van der Waals surface area contributed by atoms with E-state index in [1.807, 2.05) is 18.2 Å². The van der Waals surface area contributed by atoms with Gasteiger partial charge in [0.2, 0.25) is 0 Å². The standard InChI is InChI=1S/C55H39N5S/c1-2-46(60-47-23-13-11-21-43(47)53-42-20-10-9-15-36(42)25-27-49(53)60)37(35-57)33-41(31-32-56)59-48-28-26-40(58(38-16-5-3-6-17-38)39-18-7-4-8-19-39)34-45(48)54-50(59)29-30-52-55(54)44-22-12-14-24-51(44)61-52/h3-30,33-34,36,42H,2,31H2,1H3/b41-33+,46-37-. The molecule has 3 heterocycles. The number of rotatable bonds is 8. The number of aromatic nitrogens is 2. The Morgan fingerprint density at radius 1 is 0.656 bits per heavy atom. The summed E-state index contributed by atoms with van der Waals surface area (Å²) < 4.78 is 6.97. The molecule has 5 nitrogen and oxygen atoms in total. The predicted octanol–water partition coefficient (Wildman–Crippen LogP) is 15.0. The van der Waals surface area contributed by atoms with Crippen molar-refractivity contribution >= 4 is 98.8 Å². The van der Waals surface area contributed by atoms with E-state index in [1.54, 1.807) is 11.3 Å². The maximum Gasteiger partial charge on any atom is 0.101 e. The Morgan fingerprint density at radius 2 is 1.34 bits per heavy atom. The predicted molar refractivity (Wildman–Crippen MR) is 256 cm³/mol. The highest BCUT2D eigenvalue weighted by Crippen LogP contribution is 2.47. The summed E-state index contributed by atoms with van der Waals surface area (Å²) in [6.07, 6.45) is 16.1. The van der Waals surface area contributed by atoms with E-state index in [-0.39, 0.29) is 12.3 Å². The van der Waals surface area contributed by atoms with Crippen molar-refractivity contribution in [1.29, 1.82) is 10.5 Å². The molecule has 9 aromatic rings. The first-order chi connectivity index (χ1) is 30.2. The number of para-hydroxylation sites is 3. The molecule has 61 heavy (non-hydrogen) atoms. The Hall–Kier alpha value is -7.64. The fraction of sp³-hybridized carbons (Fsp3) is 0.0909. The summed E-state index contributed by atoms with van der Waals surface area (Å²) in [5, 5.41) is 27.6. The molecular weight excluding hydrogens is 763 g/mol. The normalized spacial score (nSPS) is 16.2. The minimum Gasteiger partial charge on any atom is -0.312 e. The van der Waals surface area contributed by atoms with Crippen molar-refractivity contribution in [3.8, 4) is 12.1 Å². The van der Waals surface area contributed by atoms with Crippen molar-refractivity contribution < 1.29 is 0 Å². The van der Waals surface area contributed by atoms with Gasteiger partial charge in [-0.25, -0.2) is 0 Å². The Morgan fingerprint density at radius 3 is 2.10 bits per heavy atom. The summed E-state index contributed by atoms with van der Waals surface area (Å²) in [5.74, 6) is 0.509. The molecule has 0 fully saturated rings. The van der Waals surface area contributed by atoms with Gasteiger partial charge in [-0.15, -0.1) is 11.3 Å². The maximum absolute atomic E-state index is 11.2. The van der Waals surface area contributed by atoms with Crippen LogP contribution >= 0.6 is 11.3 Å². The van der Waals surface area contributed by atoms with Crippen LogP contribution in [0.4, 0.5) is 17.1 Å². The van der Waals surface area contributed by atoms with Gasteiger partial charge in [-0.3, -0.25) is 0 Å². The van der Waals surface area contributed by atoms with Crippen LogP contribution in [0.15, 0.2) is 182 Å². The molecule has 290 valence electrons. The smallest absolute Gasteiger partial charge is 0.101 e. The quantitative estimate of drug-likeness (QED) is 0.114. The molecule has 2 unspecified atom stereocenters. The van der Waals surface area contributed by atoms with Gasteiger partial charge in [0, 0.05) is 76.6 Å². The van der Waals surface area contributed by atoms with Gasteiger partial charge >= 0.3 is 0 Å². The number of thiophene rings is 1. The largest absolute Gasteiger partial charge is 0.312 e. The van der Waals surface area contributed by atoms with Gasteiger partial charge in [-0.2, -0.15) is 10.5 Å². The van der Waals surface area contributed by atoms with E-state index < -0.39 is 0 Å². The molecule has 0 amide bonds. The summed E-state index contributed by atoms with van der Waals surface area (Å²) in [5.41, 5.74) is 10.8. The molecule has 6 heteroatoms. The van der Waals surface area contributed by atoms with Crippen LogP contribution in [0.1, 0.15) is 36.9 Å². The molecule has 0 saturated heterocycles. The summed E-state index contributed by atoms with van der Waals surface area (Å²) in [6.45, 7) is 2.12. The topological polar surface area (TPSA) is 60.7 Å². The van der Waals surface area contributed by atoms with Crippen LogP contribution in [0.3, 0.4) is 0 Å². The second kappa shape index (κ2) is 14.9. The fourth-order valence-electron chi connectivity index (χ4n) is 9.84. The SMILES string of the molecule is CC/C(=C(C#N)\C=C(/CC#N)n1c2ccc(N(c3ccccc3)c3ccccc3)cc2c2c3c(ccc21)sc1ccccc13)n1c2c(c3ccccc31)C1C=CC=CC1C=C2. The molecule has 2 aliphatic rings. The van der Waals surface area contributed by atoms with E-state index in [0.29, 0.717) is 17.9 Å². The summed E-state index contributed by atoms with van der Waals surface area (Å²) in [7, 11) is 0. The van der Waals surface area contributed by atoms with Crippen LogP contribution < -0.4 is 4.90 Å². The van der Waals surface area contributed by atoms with Gasteiger partial charge in [0.25, 0.3) is 0 Å². The van der Waals surface area contributed by atoms with Gasteiger partial charge < -0.3 is 14.0 Å². The van der Waals surface area contributed by atoms with Gasteiger partial charge in [-0.1, -0.05) is 110 Å². The van der Waals surface area contributed by atoms with Crippen molar-refractivity contribution in [3.63, 3.8) is 0 Å². The molecule has 11 rings (SSSR count). The lowest BCUT2D eigenvalue weighted by atomic mass is 9.78. The van der Waals surface area contributed by atoms with Crippen molar-refractivity contribution in [1.82, 2.24) is 9.13 Å². The van der Waals surface area contributed by atoms with Crippen LogP contribution in [0.25, 0.3) is 70.4 Å². The Labute approximate surface area is 358 Å². The summed E-state index contributed by atoms with van der Waals surface area (Å²) in [4.78, 5) is 2.29. The van der Waals surface area contributed by atoms with Gasteiger partial charge in [0.1, 0.15) is 6.07 Å². The first-order valence-corrected chi connectivity index (χ1v) is 21.6. The lowest BCUT2D eigenvalue weighted by Crippen LogP contribution is -2.14. The second-order valence-electron chi connectivity index (χ2n) is 15.7. The molecule has 3 aromatic heterocycles. The lowest BCUT2D eigenvalue weighted by Gasteiger charge is -2.26. The Balaban J connectivity index is 1.19. The second-order valence-corrected chi connectivity index (χ2v) is 16.7. The molecule has 0 bridgehead atoms. The monoisotopic (exact) mass is 801 g/mol. The highest BCUT2D eigenvalue weighted by Gasteiger charge is 2.31. The summed E-state index contributed by atoms with van der Waals surface area (Å²) >= 11 is 1.80. The zero-order valence-electron chi connectivity index (χ0n) is 33.5. The minimum absolute atomic E-state index is 0.108. The number of allylic oxidation sites excluding steroid dienone is 9. The number of anilines is 3. The minimum atomic E-state index is 0.108. The van der Waals surface area contributed by atoms with E-state index in [9.17, 15) is 10.5 Å². The van der Waals surface area contributed by atoms with Gasteiger partial charge in [-0.05, 0) is 90.9 Å². The van der Waals surface area contributed by atoms with Crippen molar-refractivity contribution in [2.45, 2.75) is 25.7 Å². The van der Waals surface area contributed by atoms with E-state index in [2.05, 4.69) is 197 Å². The van der Waals surface area contributed by atoms with E-state index >= 15 is 0 Å². The van der Waals surface area contributed by atoms with Crippen LogP contribution in [0, 0.1) is 28.6 Å². The van der Waals surface area contributed by atoms with Gasteiger partial charge in [0.05, 0.1) is 40.3 Å². The highest BCUT2D eigenvalue weighted by atomic mass is 32.1. The molecule has 0 spiro atoms. The number of hydrogen-bond donors (Lipinski definition) is 0. The molecule has 6 aromatic carbocycles. The maximum atomic E-state index is 11.2. The Bertz CT molecular complexity index is 3430. The third kappa shape index (κ3) is 5.80. The first kappa shape index (κ1) is 36.4. The first-order valence-electron chi connectivity index (χ1n) is 20.8. The van der Waals surface area contributed by atoms with Crippen LogP contribution in [-0.4, -0.2) is 9.13 Å². The Kier molecular flexibility index (Phi) is 8.89. The third-order valence-corrected chi connectivity index (χ3v) is 13.5. The number of hydrogen-bond acceptors (Lipinski definition) is 4. The van der Waals surface area contributed by atoms with Crippen molar-refractivity contribution in [2.75, 3.05) is 4.90 Å². The molecule has 0 radical (unpaired) electrons. The average molecular weight is 802 g/mol. The molecule has 2 aliphatic carbocycles. The number of fused-ring (bicyclic) bond motifs is 12. The number of nitrogens with zero attached hydrogens (tertiary/aromatic N) is 5. The molecule has 2 atom stereocenters. The highest BCUT2D eigenvalue weighted by molar-refractivity contribution is 7.26. The zero-order chi connectivity index (χ0) is 41.0. The lowest BCUT2D eigenvalue weighted by molar-refractivity contribution is 0.693. The molecular formula is C55H39N5S. The van der Waals surface area contributed by atoms with E-state index in [0.717, 1.165) is 61.5 Å². The van der Waals surface area contributed by atoms with Crippen molar-refractivity contribution in [2.24, 2.45) is 5.92 Å². The van der Waals surface area contributed by atoms with Crippen LogP contribution in [-0.2, 0) is 0 Å². The molecule has 0 saturated carbocycles. The molecule has 0 aliphatic heterocycles. The van der Waals surface area contributed by atoms with Crippen molar-refractivity contribution in [3.05, 3.63) is 193 Å². The fourth-order valence-corrected chi connectivity index (χ4v) is 11.0. The van der Waals surface area contributed by atoms with Crippen LogP contribution in [0.2, 0.25) is 0 Å². The average Bonchev–Trinajstić information content (AvgIpc) is 3.97.